The summed E-state index contributed by atoms with van der Waals surface area (Å²) in [5.74, 6) is 1.36. The van der Waals surface area contributed by atoms with E-state index in [1.165, 1.54) is 0 Å². The molecule has 0 saturated carbocycles. The molecule has 1 aromatic heterocycles. The Bertz CT molecular complexity index is 720. The molecule has 0 saturated heterocycles. The zero-order valence-electron chi connectivity index (χ0n) is 12.4. The monoisotopic (exact) mass is 308 g/mol. The summed E-state index contributed by atoms with van der Waals surface area (Å²) in [6.45, 7) is 4.38. The molecule has 6 heteroatoms. The number of benzene rings is 1. The maximum atomic E-state index is 12.4. The van der Waals surface area contributed by atoms with Crippen molar-refractivity contribution in [1.82, 2.24) is 10.0 Å². The van der Waals surface area contributed by atoms with Crippen LogP contribution in [-0.2, 0) is 23.1 Å². The number of hydrogen-bond donors (Lipinski definition) is 2. The minimum atomic E-state index is -3.56. The van der Waals surface area contributed by atoms with Gasteiger partial charge in [-0.1, -0.05) is 12.1 Å². The van der Waals surface area contributed by atoms with Gasteiger partial charge >= 0.3 is 0 Å². The summed E-state index contributed by atoms with van der Waals surface area (Å²) in [6.07, 6.45) is 0. The van der Waals surface area contributed by atoms with E-state index in [9.17, 15) is 8.42 Å². The molecule has 0 bridgehead atoms. The standard InChI is InChI=1S/C15H20N2O3S/c1-11-4-6-13(9-16-3)8-15(11)21(18,19)17-10-14-7-5-12(2)20-14/h4-8,16-17H,9-10H2,1-3H3. The minimum absolute atomic E-state index is 0.145. The molecular weight excluding hydrogens is 288 g/mol. The molecule has 0 aliphatic carbocycles. The lowest BCUT2D eigenvalue weighted by atomic mass is 10.1. The van der Waals surface area contributed by atoms with Crippen LogP contribution in [0.2, 0.25) is 0 Å². The first kappa shape index (κ1) is 15.8. The van der Waals surface area contributed by atoms with Crippen molar-refractivity contribution in [1.29, 1.82) is 0 Å². The number of aryl methyl sites for hydroxylation is 2. The first-order chi connectivity index (χ1) is 9.92. The largest absolute Gasteiger partial charge is 0.465 e. The van der Waals surface area contributed by atoms with E-state index in [-0.39, 0.29) is 6.54 Å². The van der Waals surface area contributed by atoms with Crippen molar-refractivity contribution < 1.29 is 12.8 Å². The molecule has 1 aromatic carbocycles. The number of sulfonamides is 1. The van der Waals surface area contributed by atoms with Gasteiger partial charge in [0.2, 0.25) is 10.0 Å². The molecule has 0 spiro atoms. The third kappa shape index (κ3) is 3.93. The Morgan fingerprint density at radius 3 is 2.48 bits per heavy atom. The molecule has 0 radical (unpaired) electrons. The third-order valence-corrected chi connectivity index (χ3v) is 4.70. The molecule has 5 nitrogen and oxygen atoms in total. The van der Waals surface area contributed by atoms with Gasteiger partial charge in [0.25, 0.3) is 0 Å². The molecule has 2 rings (SSSR count). The van der Waals surface area contributed by atoms with E-state index < -0.39 is 10.0 Å². The van der Waals surface area contributed by atoms with Gasteiger partial charge in [-0.15, -0.1) is 0 Å². The lowest BCUT2D eigenvalue weighted by Gasteiger charge is -2.10. The Labute approximate surface area is 125 Å². The van der Waals surface area contributed by atoms with Crippen molar-refractivity contribution in [2.24, 2.45) is 0 Å². The normalized spacial score (nSPS) is 11.8. The average molecular weight is 308 g/mol. The number of hydrogen-bond acceptors (Lipinski definition) is 4. The second-order valence-corrected chi connectivity index (χ2v) is 6.70. The second kappa shape index (κ2) is 6.43. The Hall–Kier alpha value is -1.63. The third-order valence-electron chi connectivity index (χ3n) is 3.16. The maximum Gasteiger partial charge on any atom is 0.241 e. The van der Waals surface area contributed by atoms with Crippen LogP contribution >= 0.6 is 0 Å². The van der Waals surface area contributed by atoms with Gasteiger partial charge in [-0.2, -0.15) is 0 Å². The molecule has 0 atom stereocenters. The van der Waals surface area contributed by atoms with Crippen molar-refractivity contribution in [3.05, 3.63) is 53.0 Å². The van der Waals surface area contributed by atoms with Gasteiger partial charge in [-0.05, 0) is 50.2 Å². The van der Waals surface area contributed by atoms with Crippen LogP contribution in [0.3, 0.4) is 0 Å². The molecule has 0 fully saturated rings. The van der Waals surface area contributed by atoms with Crippen LogP contribution in [0, 0.1) is 13.8 Å². The maximum absolute atomic E-state index is 12.4. The fourth-order valence-corrected chi connectivity index (χ4v) is 3.36. The minimum Gasteiger partial charge on any atom is -0.465 e. The summed E-state index contributed by atoms with van der Waals surface area (Å²) in [4.78, 5) is 0.304. The van der Waals surface area contributed by atoms with Crippen LogP contribution in [0.4, 0.5) is 0 Å². The van der Waals surface area contributed by atoms with Crippen molar-refractivity contribution in [3.63, 3.8) is 0 Å². The number of nitrogens with one attached hydrogen (secondary N) is 2. The van der Waals surface area contributed by atoms with Crippen molar-refractivity contribution in [3.8, 4) is 0 Å². The highest BCUT2D eigenvalue weighted by Gasteiger charge is 2.17. The first-order valence-corrected chi connectivity index (χ1v) is 8.20. The van der Waals surface area contributed by atoms with Gasteiger partial charge in [-0.3, -0.25) is 0 Å². The van der Waals surface area contributed by atoms with Gasteiger partial charge in [0.05, 0.1) is 11.4 Å². The summed E-state index contributed by atoms with van der Waals surface area (Å²) < 4.78 is 32.8. The SMILES string of the molecule is CNCc1ccc(C)c(S(=O)(=O)NCc2ccc(C)o2)c1. The van der Waals surface area contributed by atoms with E-state index in [4.69, 9.17) is 4.42 Å². The number of rotatable bonds is 6. The van der Waals surface area contributed by atoms with Crippen molar-refractivity contribution in [2.75, 3.05) is 7.05 Å². The van der Waals surface area contributed by atoms with Crippen molar-refractivity contribution >= 4 is 10.0 Å². The zero-order chi connectivity index (χ0) is 15.5. The molecular formula is C15H20N2O3S. The van der Waals surface area contributed by atoms with Crippen LogP contribution < -0.4 is 10.0 Å². The highest BCUT2D eigenvalue weighted by atomic mass is 32.2. The first-order valence-electron chi connectivity index (χ1n) is 6.71. The lowest BCUT2D eigenvalue weighted by Crippen LogP contribution is -2.24. The van der Waals surface area contributed by atoms with Crippen molar-refractivity contribution in [2.45, 2.75) is 31.8 Å². The molecule has 2 N–H and O–H groups in total. The van der Waals surface area contributed by atoms with E-state index in [1.54, 1.807) is 19.1 Å². The summed E-state index contributed by atoms with van der Waals surface area (Å²) in [7, 11) is -1.73. The van der Waals surface area contributed by atoms with Crippen LogP contribution in [0.5, 0.6) is 0 Å². The Morgan fingerprint density at radius 2 is 1.86 bits per heavy atom. The summed E-state index contributed by atoms with van der Waals surface area (Å²) in [5.41, 5.74) is 1.65. The Morgan fingerprint density at radius 1 is 1.10 bits per heavy atom. The molecule has 0 aliphatic rings. The fourth-order valence-electron chi connectivity index (χ4n) is 2.07. The van der Waals surface area contributed by atoms with Gasteiger partial charge in [0, 0.05) is 6.54 Å². The van der Waals surface area contributed by atoms with Gasteiger partial charge < -0.3 is 9.73 Å². The van der Waals surface area contributed by atoms with E-state index >= 15 is 0 Å². The quantitative estimate of drug-likeness (QED) is 0.857. The number of furan rings is 1. The molecule has 1 heterocycles. The van der Waals surface area contributed by atoms with E-state index in [0.717, 1.165) is 16.9 Å². The molecule has 21 heavy (non-hydrogen) atoms. The Balaban J connectivity index is 2.20. The van der Waals surface area contributed by atoms with E-state index in [1.807, 2.05) is 32.2 Å². The highest BCUT2D eigenvalue weighted by molar-refractivity contribution is 7.89. The van der Waals surface area contributed by atoms with Crippen LogP contribution in [-0.4, -0.2) is 15.5 Å². The second-order valence-electron chi connectivity index (χ2n) is 4.97. The predicted molar refractivity (Wildman–Crippen MR) is 81.4 cm³/mol. The van der Waals surface area contributed by atoms with Gasteiger partial charge in [0.1, 0.15) is 11.5 Å². The molecule has 0 aliphatic heterocycles. The average Bonchev–Trinajstić information content (AvgIpc) is 2.85. The van der Waals surface area contributed by atoms with E-state index in [0.29, 0.717) is 17.2 Å². The lowest BCUT2D eigenvalue weighted by molar-refractivity contribution is 0.475. The molecule has 0 amide bonds. The fraction of sp³-hybridized carbons (Fsp3) is 0.333. The summed E-state index contributed by atoms with van der Waals surface area (Å²) in [6, 6.07) is 9.01. The molecule has 0 unspecified atom stereocenters. The van der Waals surface area contributed by atoms with Crippen LogP contribution in [0.15, 0.2) is 39.6 Å². The van der Waals surface area contributed by atoms with Crippen LogP contribution in [0.1, 0.15) is 22.6 Å². The van der Waals surface area contributed by atoms with Gasteiger partial charge in [-0.25, -0.2) is 13.1 Å². The predicted octanol–water partition coefficient (Wildman–Crippen LogP) is 2.09. The van der Waals surface area contributed by atoms with Gasteiger partial charge in [0.15, 0.2) is 0 Å². The summed E-state index contributed by atoms with van der Waals surface area (Å²) in [5, 5.41) is 3.01. The van der Waals surface area contributed by atoms with Crippen LogP contribution in [0.25, 0.3) is 0 Å². The topological polar surface area (TPSA) is 71.3 Å². The Kier molecular flexibility index (Phi) is 4.82. The zero-order valence-corrected chi connectivity index (χ0v) is 13.3. The smallest absolute Gasteiger partial charge is 0.241 e. The van der Waals surface area contributed by atoms with E-state index in [2.05, 4.69) is 10.0 Å². The molecule has 2 aromatic rings. The summed E-state index contributed by atoms with van der Waals surface area (Å²) >= 11 is 0. The molecule has 114 valence electrons. The highest BCUT2D eigenvalue weighted by Crippen LogP contribution is 2.18.